The summed E-state index contributed by atoms with van der Waals surface area (Å²) in [5.41, 5.74) is 4.44. The van der Waals surface area contributed by atoms with Gasteiger partial charge in [-0.3, -0.25) is 19.3 Å². The number of nitrogens with one attached hydrogen (secondary N) is 1. The van der Waals surface area contributed by atoms with Gasteiger partial charge in [0.1, 0.15) is 11.8 Å². The average molecular weight is 393 g/mol. The number of carboxylic acid groups (broad SMARTS) is 1. The van der Waals surface area contributed by atoms with Gasteiger partial charge in [0.25, 0.3) is 0 Å². The molecule has 0 aromatic carbocycles. The van der Waals surface area contributed by atoms with Crippen LogP contribution in [0, 0.1) is 0 Å². The first-order chi connectivity index (χ1) is 11.6. The Balaban J connectivity index is 2.59. The van der Waals surface area contributed by atoms with Crippen LogP contribution in [0.2, 0.25) is 0 Å². The van der Waals surface area contributed by atoms with Gasteiger partial charge in [0.05, 0.1) is 5.25 Å². The Bertz CT molecular complexity index is 545. The van der Waals surface area contributed by atoms with Crippen LogP contribution in [0.15, 0.2) is 0 Å². The SMILES string of the molecule is CCOC(C)(N)CCN1C(=O)CC(SCC(NC(=O)P)C(=O)O)C1=O. The second-order valence-electron chi connectivity index (χ2n) is 5.80. The maximum atomic E-state index is 12.4. The van der Waals surface area contributed by atoms with E-state index in [0.29, 0.717) is 13.0 Å². The third-order valence-corrected chi connectivity index (χ3v) is 5.05. The summed E-state index contributed by atoms with van der Waals surface area (Å²) in [5.74, 6) is -1.91. The maximum Gasteiger partial charge on any atom is 0.327 e. The number of hydrogen-bond acceptors (Lipinski definition) is 7. The first-order valence-corrected chi connectivity index (χ1v) is 9.37. The lowest BCUT2D eigenvalue weighted by Crippen LogP contribution is -2.44. The lowest BCUT2D eigenvalue weighted by molar-refractivity contribution is -0.140. The number of imide groups is 1. The number of ether oxygens (including phenoxy) is 1. The number of hydrogen-bond donors (Lipinski definition) is 3. The molecule has 25 heavy (non-hydrogen) atoms. The van der Waals surface area contributed by atoms with Gasteiger partial charge in [-0.05, 0) is 23.1 Å². The maximum absolute atomic E-state index is 12.4. The Morgan fingerprint density at radius 1 is 1.56 bits per heavy atom. The molecule has 0 radical (unpaired) electrons. The lowest BCUT2D eigenvalue weighted by Gasteiger charge is -2.26. The van der Waals surface area contributed by atoms with E-state index >= 15 is 0 Å². The number of nitrogens with zero attached hydrogens (tertiary/aromatic N) is 1. The molecule has 9 nitrogen and oxygen atoms in total. The van der Waals surface area contributed by atoms with Crippen molar-refractivity contribution in [3.8, 4) is 0 Å². The third kappa shape index (κ3) is 6.89. The summed E-state index contributed by atoms with van der Waals surface area (Å²) < 4.78 is 5.34. The molecule has 1 fully saturated rings. The van der Waals surface area contributed by atoms with Crippen LogP contribution in [0.25, 0.3) is 0 Å². The summed E-state index contributed by atoms with van der Waals surface area (Å²) in [7, 11) is 1.83. The van der Waals surface area contributed by atoms with Gasteiger partial charge in [0.15, 0.2) is 0 Å². The summed E-state index contributed by atoms with van der Waals surface area (Å²) in [6.45, 7) is 4.05. The zero-order valence-electron chi connectivity index (χ0n) is 14.2. The van der Waals surface area contributed by atoms with Crippen molar-refractivity contribution in [2.75, 3.05) is 18.9 Å². The highest BCUT2D eigenvalue weighted by atomic mass is 32.2. The quantitative estimate of drug-likeness (QED) is 0.267. The molecular weight excluding hydrogens is 369 g/mol. The van der Waals surface area contributed by atoms with E-state index in [-0.39, 0.29) is 30.5 Å². The molecule has 4 unspecified atom stereocenters. The summed E-state index contributed by atoms with van der Waals surface area (Å²) in [4.78, 5) is 47.6. The largest absolute Gasteiger partial charge is 0.480 e. The van der Waals surface area contributed by atoms with Crippen LogP contribution in [0.4, 0.5) is 4.79 Å². The molecule has 3 amide bonds. The number of thioether (sulfide) groups is 1. The fourth-order valence-corrected chi connectivity index (χ4v) is 3.69. The van der Waals surface area contributed by atoms with E-state index in [9.17, 15) is 19.2 Å². The fourth-order valence-electron chi connectivity index (χ4n) is 2.31. The Kier molecular flexibility index (Phi) is 8.27. The van der Waals surface area contributed by atoms with Gasteiger partial charge in [-0.15, -0.1) is 11.8 Å². The molecule has 0 aliphatic carbocycles. The van der Waals surface area contributed by atoms with Crippen molar-refractivity contribution in [1.29, 1.82) is 0 Å². The predicted molar refractivity (Wildman–Crippen MR) is 96.1 cm³/mol. The van der Waals surface area contributed by atoms with Crippen LogP contribution >= 0.6 is 21.0 Å². The predicted octanol–water partition coefficient (Wildman–Crippen LogP) is -0.0135. The molecule has 1 aliphatic rings. The molecule has 142 valence electrons. The number of carbonyl (C=O) groups excluding carboxylic acids is 3. The topological polar surface area (TPSA) is 139 Å². The summed E-state index contributed by atoms with van der Waals surface area (Å²) in [6, 6.07) is -1.13. The molecule has 1 saturated heterocycles. The monoisotopic (exact) mass is 393 g/mol. The van der Waals surface area contributed by atoms with Gasteiger partial charge in [-0.2, -0.15) is 0 Å². The number of nitrogens with two attached hydrogens (primary N) is 1. The molecule has 1 heterocycles. The number of amides is 3. The third-order valence-electron chi connectivity index (χ3n) is 3.59. The molecule has 4 N–H and O–H groups in total. The molecule has 4 atom stereocenters. The van der Waals surface area contributed by atoms with Crippen LogP contribution in [0.1, 0.15) is 26.7 Å². The second-order valence-corrected chi connectivity index (χ2v) is 7.56. The van der Waals surface area contributed by atoms with Crippen LogP contribution in [0.5, 0.6) is 0 Å². The van der Waals surface area contributed by atoms with E-state index in [0.717, 1.165) is 16.7 Å². The van der Waals surface area contributed by atoms with Gasteiger partial charge in [-0.25, -0.2) is 4.79 Å². The van der Waals surface area contributed by atoms with Crippen LogP contribution in [-0.2, 0) is 19.1 Å². The summed E-state index contributed by atoms with van der Waals surface area (Å²) in [6.07, 6.45) is 0.303. The molecule has 0 saturated carbocycles. The number of carboxylic acids is 1. The molecule has 0 aromatic rings. The van der Waals surface area contributed by atoms with Gasteiger partial charge >= 0.3 is 5.97 Å². The van der Waals surface area contributed by atoms with Crippen molar-refractivity contribution < 1.29 is 29.0 Å². The van der Waals surface area contributed by atoms with Crippen molar-refractivity contribution in [3.05, 3.63) is 0 Å². The van der Waals surface area contributed by atoms with Crippen molar-refractivity contribution in [3.63, 3.8) is 0 Å². The highest BCUT2D eigenvalue weighted by Crippen LogP contribution is 2.26. The van der Waals surface area contributed by atoms with Crippen molar-refractivity contribution in [2.45, 2.75) is 43.7 Å². The van der Waals surface area contributed by atoms with Crippen LogP contribution in [-0.4, -0.2) is 69.4 Å². The van der Waals surface area contributed by atoms with Crippen molar-refractivity contribution in [2.24, 2.45) is 5.73 Å². The van der Waals surface area contributed by atoms with E-state index in [1.807, 2.05) is 9.24 Å². The molecule has 1 aliphatic heterocycles. The van der Waals surface area contributed by atoms with Crippen molar-refractivity contribution in [1.82, 2.24) is 10.2 Å². The van der Waals surface area contributed by atoms with Crippen LogP contribution in [0.3, 0.4) is 0 Å². The second kappa shape index (κ2) is 9.47. The number of rotatable bonds is 10. The van der Waals surface area contributed by atoms with E-state index in [1.54, 1.807) is 13.8 Å². The average Bonchev–Trinajstić information content (AvgIpc) is 2.75. The number of aliphatic carboxylic acids is 1. The Morgan fingerprint density at radius 2 is 2.20 bits per heavy atom. The van der Waals surface area contributed by atoms with E-state index < -0.39 is 28.6 Å². The fraction of sp³-hybridized carbons (Fsp3) is 0.714. The minimum atomic E-state index is -1.20. The van der Waals surface area contributed by atoms with Gasteiger partial charge in [-0.1, -0.05) is 0 Å². The zero-order chi connectivity index (χ0) is 19.2. The Labute approximate surface area is 152 Å². The highest BCUT2D eigenvalue weighted by molar-refractivity contribution is 8.00. The molecule has 11 heteroatoms. The Morgan fingerprint density at radius 3 is 2.72 bits per heavy atom. The van der Waals surface area contributed by atoms with Gasteiger partial charge in [0, 0.05) is 31.7 Å². The first kappa shape index (κ1) is 21.8. The van der Waals surface area contributed by atoms with Crippen molar-refractivity contribution >= 4 is 44.4 Å². The Hall–Kier alpha value is -1.22. The standard InChI is InChI=1S/C14H24N3O6PS/c1-3-23-14(2,15)4-5-17-10(18)6-9(11(17)19)25-7-8(12(20)21)16-13(22)24/h8-9H,3-7,15,24H2,1-2H3,(H,16,22)(H,20,21). The minimum Gasteiger partial charge on any atom is -0.480 e. The minimum absolute atomic E-state index is 0.000576. The van der Waals surface area contributed by atoms with Gasteiger partial charge < -0.3 is 20.9 Å². The van der Waals surface area contributed by atoms with Gasteiger partial charge in [0.2, 0.25) is 17.5 Å². The summed E-state index contributed by atoms with van der Waals surface area (Å²) in [5, 5.41) is 10.7. The first-order valence-electron chi connectivity index (χ1n) is 7.74. The summed E-state index contributed by atoms with van der Waals surface area (Å²) >= 11 is 1.04. The highest BCUT2D eigenvalue weighted by Gasteiger charge is 2.40. The molecule has 1 rings (SSSR count). The van der Waals surface area contributed by atoms with E-state index in [2.05, 4.69) is 5.32 Å². The van der Waals surface area contributed by atoms with E-state index in [4.69, 9.17) is 15.6 Å². The number of carbonyl (C=O) groups is 4. The lowest BCUT2D eigenvalue weighted by atomic mass is 10.2. The molecule has 0 bridgehead atoms. The smallest absolute Gasteiger partial charge is 0.327 e. The van der Waals surface area contributed by atoms with Crippen LogP contribution < -0.4 is 11.1 Å². The molecule has 0 aromatic heterocycles. The molecular formula is C14H24N3O6PS. The molecule has 0 spiro atoms. The number of likely N-dealkylation sites (tertiary alicyclic amines) is 1. The van der Waals surface area contributed by atoms with E-state index in [1.165, 1.54) is 0 Å². The normalized spacial score (nSPS) is 21.1. The zero-order valence-corrected chi connectivity index (χ0v) is 16.2.